The molecular weight excluding hydrogens is 170 g/mol. The van der Waals surface area contributed by atoms with E-state index in [2.05, 4.69) is 18.7 Å². The third-order valence-corrected chi connectivity index (χ3v) is 3.42. The summed E-state index contributed by atoms with van der Waals surface area (Å²) in [4.78, 5) is 2.75. The van der Waals surface area contributed by atoms with Gasteiger partial charge in [-0.25, -0.2) is 0 Å². The van der Waals surface area contributed by atoms with Gasteiger partial charge >= 0.3 is 0 Å². The first-order valence-electron chi connectivity index (χ1n) is 6.62. The monoisotopic (exact) mass is 197 g/mol. The van der Waals surface area contributed by atoms with E-state index in [0.29, 0.717) is 0 Å². The Kier molecular flexibility index (Phi) is 6.25. The van der Waals surface area contributed by atoms with E-state index >= 15 is 0 Å². The van der Waals surface area contributed by atoms with Gasteiger partial charge in [0.15, 0.2) is 0 Å². The van der Waals surface area contributed by atoms with E-state index in [-0.39, 0.29) is 0 Å². The van der Waals surface area contributed by atoms with Gasteiger partial charge in [-0.05, 0) is 38.8 Å². The van der Waals surface area contributed by atoms with Crippen LogP contribution in [0.4, 0.5) is 0 Å². The van der Waals surface area contributed by atoms with Crippen molar-refractivity contribution in [1.29, 1.82) is 0 Å². The van der Waals surface area contributed by atoms with E-state index < -0.39 is 0 Å². The molecule has 0 aromatic rings. The summed E-state index contributed by atoms with van der Waals surface area (Å²) in [6.45, 7) is 7.34. The minimum atomic E-state index is 0.922. The van der Waals surface area contributed by atoms with Crippen LogP contribution in [0.25, 0.3) is 0 Å². The van der Waals surface area contributed by atoms with Gasteiger partial charge in [0.05, 0.1) is 0 Å². The van der Waals surface area contributed by atoms with Gasteiger partial charge in [0, 0.05) is 6.04 Å². The van der Waals surface area contributed by atoms with Crippen molar-refractivity contribution in [3.63, 3.8) is 0 Å². The van der Waals surface area contributed by atoms with E-state index in [1.54, 1.807) is 0 Å². The summed E-state index contributed by atoms with van der Waals surface area (Å²) in [6.07, 6.45) is 11.3. The van der Waals surface area contributed by atoms with Crippen LogP contribution in [0.5, 0.6) is 0 Å². The Balaban J connectivity index is 2.22. The molecule has 1 aliphatic rings. The molecule has 1 rings (SSSR count). The van der Waals surface area contributed by atoms with Crippen LogP contribution in [-0.2, 0) is 0 Å². The molecule has 14 heavy (non-hydrogen) atoms. The predicted octanol–water partition coefficient (Wildman–Crippen LogP) is 3.83. The first-order valence-corrected chi connectivity index (χ1v) is 6.62. The molecule has 0 aromatic carbocycles. The highest BCUT2D eigenvalue weighted by Gasteiger charge is 2.20. The van der Waals surface area contributed by atoms with Crippen molar-refractivity contribution in [3.8, 4) is 0 Å². The maximum absolute atomic E-state index is 2.75. The second kappa shape index (κ2) is 7.28. The van der Waals surface area contributed by atoms with E-state index in [0.717, 1.165) is 6.04 Å². The van der Waals surface area contributed by atoms with Crippen LogP contribution in [-0.4, -0.2) is 24.0 Å². The fourth-order valence-electron chi connectivity index (χ4n) is 2.58. The molecule has 0 amide bonds. The standard InChI is InChI=1S/C13H27N/c1-3-5-7-11-14-12-8-6-10-13(14)9-4-2/h13H,3-12H2,1-2H3. The summed E-state index contributed by atoms with van der Waals surface area (Å²) < 4.78 is 0. The third kappa shape index (κ3) is 4.00. The van der Waals surface area contributed by atoms with Crippen LogP contribution in [0.15, 0.2) is 0 Å². The van der Waals surface area contributed by atoms with Gasteiger partial charge in [-0.15, -0.1) is 0 Å². The Hall–Kier alpha value is -0.0400. The number of rotatable bonds is 6. The number of unbranched alkanes of at least 4 members (excludes halogenated alkanes) is 2. The van der Waals surface area contributed by atoms with Crippen LogP contribution >= 0.6 is 0 Å². The SMILES string of the molecule is CCCCCN1CCCCC1CCC. The largest absolute Gasteiger partial charge is 0.300 e. The van der Waals surface area contributed by atoms with Gasteiger partial charge in [-0.2, -0.15) is 0 Å². The highest BCUT2D eigenvalue weighted by Crippen LogP contribution is 2.21. The van der Waals surface area contributed by atoms with Gasteiger partial charge < -0.3 is 4.90 Å². The lowest BCUT2D eigenvalue weighted by molar-refractivity contribution is 0.137. The van der Waals surface area contributed by atoms with Gasteiger partial charge in [-0.1, -0.05) is 39.5 Å². The molecule has 0 aliphatic carbocycles. The molecule has 1 atom stereocenters. The fraction of sp³-hybridized carbons (Fsp3) is 1.00. The lowest BCUT2D eigenvalue weighted by atomic mass is 9.98. The summed E-state index contributed by atoms with van der Waals surface area (Å²) in [6, 6.07) is 0.922. The van der Waals surface area contributed by atoms with E-state index in [9.17, 15) is 0 Å². The molecule has 0 saturated carbocycles. The summed E-state index contributed by atoms with van der Waals surface area (Å²) in [7, 11) is 0. The first-order chi connectivity index (χ1) is 6.88. The Morgan fingerprint density at radius 1 is 1.07 bits per heavy atom. The summed E-state index contributed by atoms with van der Waals surface area (Å²) in [5.41, 5.74) is 0. The second-order valence-electron chi connectivity index (χ2n) is 4.68. The van der Waals surface area contributed by atoms with E-state index in [1.807, 2.05) is 0 Å². The number of hydrogen-bond donors (Lipinski definition) is 0. The molecule has 0 spiro atoms. The number of nitrogens with zero attached hydrogens (tertiary/aromatic N) is 1. The summed E-state index contributed by atoms with van der Waals surface area (Å²) in [5, 5.41) is 0. The Morgan fingerprint density at radius 2 is 1.93 bits per heavy atom. The topological polar surface area (TPSA) is 3.24 Å². The molecule has 1 fully saturated rings. The lowest BCUT2D eigenvalue weighted by Gasteiger charge is -2.35. The van der Waals surface area contributed by atoms with Gasteiger partial charge in [0.2, 0.25) is 0 Å². The Labute approximate surface area is 89.9 Å². The highest BCUT2D eigenvalue weighted by molar-refractivity contribution is 4.76. The maximum atomic E-state index is 2.75. The average Bonchev–Trinajstić information content (AvgIpc) is 2.21. The van der Waals surface area contributed by atoms with Crippen LogP contribution < -0.4 is 0 Å². The second-order valence-corrected chi connectivity index (χ2v) is 4.68. The van der Waals surface area contributed by atoms with Crippen molar-refractivity contribution in [2.75, 3.05) is 13.1 Å². The minimum Gasteiger partial charge on any atom is -0.300 e. The van der Waals surface area contributed by atoms with Gasteiger partial charge in [0.1, 0.15) is 0 Å². The molecule has 1 heteroatoms. The molecule has 1 heterocycles. The molecule has 0 N–H and O–H groups in total. The van der Waals surface area contributed by atoms with E-state index in [1.165, 1.54) is 64.5 Å². The first kappa shape index (κ1) is 12.0. The van der Waals surface area contributed by atoms with Crippen LogP contribution in [0, 0.1) is 0 Å². The van der Waals surface area contributed by atoms with Crippen molar-refractivity contribution >= 4 is 0 Å². The Morgan fingerprint density at radius 3 is 2.64 bits per heavy atom. The molecule has 84 valence electrons. The normalized spacial score (nSPS) is 24.0. The molecule has 1 saturated heterocycles. The fourth-order valence-corrected chi connectivity index (χ4v) is 2.58. The molecule has 0 aromatic heterocycles. The van der Waals surface area contributed by atoms with E-state index in [4.69, 9.17) is 0 Å². The van der Waals surface area contributed by atoms with Crippen molar-refractivity contribution in [2.45, 2.75) is 71.3 Å². The zero-order chi connectivity index (χ0) is 10.2. The van der Waals surface area contributed by atoms with Gasteiger partial charge in [0.25, 0.3) is 0 Å². The molecule has 0 radical (unpaired) electrons. The molecule has 1 aliphatic heterocycles. The number of piperidine rings is 1. The molecule has 0 bridgehead atoms. The van der Waals surface area contributed by atoms with Crippen LogP contribution in [0.1, 0.15) is 65.2 Å². The highest BCUT2D eigenvalue weighted by atomic mass is 15.2. The number of hydrogen-bond acceptors (Lipinski definition) is 1. The molecule has 1 unspecified atom stereocenters. The average molecular weight is 197 g/mol. The molecular formula is C13H27N. The van der Waals surface area contributed by atoms with Crippen molar-refractivity contribution in [3.05, 3.63) is 0 Å². The minimum absolute atomic E-state index is 0.922. The van der Waals surface area contributed by atoms with Gasteiger partial charge in [-0.3, -0.25) is 0 Å². The number of likely N-dealkylation sites (tertiary alicyclic amines) is 1. The van der Waals surface area contributed by atoms with Crippen molar-refractivity contribution < 1.29 is 0 Å². The van der Waals surface area contributed by atoms with Crippen molar-refractivity contribution in [1.82, 2.24) is 4.90 Å². The zero-order valence-corrected chi connectivity index (χ0v) is 10.1. The maximum Gasteiger partial charge on any atom is 0.00951 e. The molecule has 1 nitrogen and oxygen atoms in total. The summed E-state index contributed by atoms with van der Waals surface area (Å²) >= 11 is 0. The predicted molar refractivity (Wildman–Crippen MR) is 63.6 cm³/mol. The van der Waals surface area contributed by atoms with Crippen LogP contribution in [0.2, 0.25) is 0 Å². The quantitative estimate of drug-likeness (QED) is 0.585. The third-order valence-electron chi connectivity index (χ3n) is 3.42. The zero-order valence-electron chi connectivity index (χ0n) is 10.1. The summed E-state index contributed by atoms with van der Waals surface area (Å²) in [5.74, 6) is 0. The Bertz CT molecular complexity index is 131. The van der Waals surface area contributed by atoms with Crippen molar-refractivity contribution in [2.24, 2.45) is 0 Å². The lowest BCUT2D eigenvalue weighted by Crippen LogP contribution is -2.39. The smallest absolute Gasteiger partial charge is 0.00951 e. The van der Waals surface area contributed by atoms with Crippen LogP contribution in [0.3, 0.4) is 0 Å².